The van der Waals surface area contributed by atoms with Crippen LogP contribution in [0.4, 0.5) is 17.1 Å². The third-order valence-electron chi connectivity index (χ3n) is 7.41. The molecular weight excluding hydrogens is 801 g/mol. The molecule has 1 heterocycles. The van der Waals surface area contributed by atoms with Crippen molar-refractivity contribution in [2.24, 2.45) is 4.52 Å². The fourth-order valence-electron chi connectivity index (χ4n) is 4.78. The largest absolute Gasteiger partial charge is 0.447 e. The van der Waals surface area contributed by atoms with Gasteiger partial charge in [0.2, 0.25) is 0 Å². The minimum absolute atomic E-state index is 0.0683. The van der Waals surface area contributed by atoms with E-state index in [1.54, 1.807) is 91.0 Å². The Morgan fingerprint density at radius 1 is 0.456 bits per heavy atom. The van der Waals surface area contributed by atoms with Gasteiger partial charge >= 0.3 is 24.6 Å². The normalized spacial score (nSPS) is 16.3. The number of nitrogens with zero attached hydrogens (tertiary/aromatic N) is 6. The van der Waals surface area contributed by atoms with E-state index in [1.807, 2.05) is 0 Å². The summed E-state index contributed by atoms with van der Waals surface area (Å²) >= 11 is 0. The van der Waals surface area contributed by atoms with Crippen LogP contribution < -0.4 is 27.8 Å². The quantitative estimate of drug-likeness (QED) is 0.0537. The maximum atomic E-state index is 11.6. The zero-order valence-corrected chi connectivity index (χ0v) is 31.7. The van der Waals surface area contributed by atoms with Gasteiger partial charge in [-0.05, 0) is 72.8 Å². The zero-order valence-electron chi connectivity index (χ0n) is 29.0. The van der Waals surface area contributed by atoms with Gasteiger partial charge in [0.1, 0.15) is 34.5 Å². The molecule has 0 spiro atoms. The van der Waals surface area contributed by atoms with Gasteiger partial charge in [0.15, 0.2) is 0 Å². The SMILES string of the molecule is O=[N+]([O-])c1ccc(ON2P(Oc3ccccc3)N=P(Oc3ccccc3)(Oc3ccccc3)N(Oc3ccc([N+](=O)[O-])cc3)P2Oc2ccc([N+](=O)[O-])cc2)cc1. The lowest BCUT2D eigenvalue weighted by atomic mass is 10.3. The molecule has 1 aliphatic rings. The number of rotatable bonds is 15. The maximum absolute atomic E-state index is 11.6. The number of non-ortho nitro benzene ring substituents is 3. The zero-order chi connectivity index (χ0) is 39.8. The second-order valence-electron chi connectivity index (χ2n) is 11.3. The minimum atomic E-state index is -4.12. The van der Waals surface area contributed by atoms with Gasteiger partial charge in [-0.2, -0.15) is 0 Å². The fourth-order valence-corrected chi connectivity index (χ4v) is 12.3. The standard InChI is InChI=1S/C36H27N6O12P3/c43-38(44)28-16-22-31(23-17-28)49-41-55(51-33-10-4-1-5-11-33)37-57(53-35-12-6-2-7-13-35,54-36-14-8-3-9-15-36)42(50-32-24-18-29(19-25-32)39(45)46)56(41)52-34-26-20-30(21-27-34)40(47)48/h1-27H. The first-order valence-corrected chi connectivity index (χ1v) is 20.3. The van der Waals surface area contributed by atoms with Crippen LogP contribution in [0.3, 0.4) is 0 Å². The Morgan fingerprint density at radius 2 is 0.825 bits per heavy atom. The van der Waals surface area contributed by atoms with Crippen LogP contribution in [0.15, 0.2) is 168 Å². The Hall–Kier alpha value is -6.67. The van der Waals surface area contributed by atoms with Gasteiger partial charge in [0, 0.05) is 45.6 Å². The van der Waals surface area contributed by atoms with E-state index in [-0.39, 0.29) is 34.3 Å². The Balaban J connectivity index is 1.47. The highest BCUT2D eigenvalue weighted by Gasteiger charge is 2.58. The van der Waals surface area contributed by atoms with Crippen molar-refractivity contribution in [1.29, 1.82) is 0 Å². The molecule has 2 atom stereocenters. The molecule has 18 nitrogen and oxygen atoms in total. The molecule has 0 bridgehead atoms. The molecule has 0 aromatic heterocycles. The molecule has 6 aromatic rings. The highest BCUT2D eigenvalue weighted by molar-refractivity contribution is 7.78. The average Bonchev–Trinajstić information content (AvgIpc) is 3.22. The van der Waals surface area contributed by atoms with E-state index in [0.717, 1.165) is 0 Å². The predicted molar refractivity (Wildman–Crippen MR) is 209 cm³/mol. The summed E-state index contributed by atoms with van der Waals surface area (Å²) in [6.45, 7) is 0. The average molecular weight is 829 g/mol. The van der Waals surface area contributed by atoms with Crippen LogP contribution in [0.25, 0.3) is 0 Å². The van der Waals surface area contributed by atoms with E-state index in [9.17, 15) is 30.3 Å². The van der Waals surface area contributed by atoms with Gasteiger partial charge < -0.3 is 27.8 Å². The summed E-state index contributed by atoms with van der Waals surface area (Å²) in [6, 6.07) is 41.6. The Bertz CT molecular complexity index is 2340. The van der Waals surface area contributed by atoms with Gasteiger partial charge in [0.25, 0.3) is 17.1 Å². The summed E-state index contributed by atoms with van der Waals surface area (Å²) < 4.78 is 34.3. The number of benzene rings is 6. The van der Waals surface area contributed by atoms with E-state index < -0.39 is 39.3 Å². The van der Waals surface area contributed by atoms with Crippen molar-refractivity contribution in [3.05, 3.63) is 194 Å². The molecule has 0 amide bonds. The van der Waals surface area contributed by atoms with Crippen molar-refractivity contribution in [1.82, 2.24) is 9.21 Å². The van der Waals surface area contributed by atoms with Crippen molar-refractivity contribution >= 4 is 41.6 Å². The third kappa shape index (κ3) is 9.42. The highest BCUT2D eigenvalue weighted by Crippen LogP contribution is 2.77. The summed E-state index contributed by atoms with van der Waals surface area (Å²) in [5.41, 5.74) is -0.610. The molecule has 0 saturated carbocycles. The van der Waals surface area contributed by atoms with Crippen LogP contribution in [-0.4, -0.2) is 24.0 Å². The van der Waals surface area contributed by atoms with Crippen LogP contribution in [0.2, 0.25) is 0 Å². The van der Waals surface area contributed by atoms with Gasteiger partial charge in [0.05, 0.1) is 14.8 Å². The number of nitro groups is 3. The second kappa shape index (κ2) is 17.4. The minimum Gasteiger partial charge on any atom is -0.440 e. The molecular formula is C36H27N6O12P3. The first-order chi connectivity index (χ1) is 27.7. The summed E-state index contributed by atoms with van der Waals surface area (Å²) in [6.07, 6.45) is 0. The maximum Gasteiger partial charge on any atom is 0.447 e. The molecule has 0 radical (unpaired) electrons. The monoisotopic (exact) mass is 828 g/mol. The van der Waals surface area contributed by atoms with Crippen LogP contribution >= 0.6 is 24.6 Å². The number of hydrogen-bond acceptors (Lipinski definition) is 15. The molecule has 0 N–H and O–H groups in total. The summed E-state index contributed by atoms with van der Waals surface area (Å²) in [5.74, 6) is 1.24. The summed E-state index contributed by atoms with van der Waals surface area (Å²) in [7, 11) is -9.15. The van der Waals surface area contributed by atoms with Crippen LogP contribution in [0, 0.1) is 30.3 Å². The number of nitro benzene ring substituents is 3. The Kier molecular flexibility index (Phi) is 11.8. The van der Waals surface area contributed by atoms with Gasteiger partial charge in [-0.3, -0.25) is 30.3 Å². The summed E-state index contributed by atoms with van der Waals surface area (Å²) in [5, 5.41) is 34.6. The lowest BCUT2D eigenvalue weighted by Gasteiger charge is -2.43. The molecule has 57 heavy (non-hydrogen) atoms. The molecule has 288 valence electrons. The molecule has 0 aliphatic carbocycles. The van der Waals surface area contributed by atoms with Gasteiger partial charge in [-0.15, -0.1) is 4.52 Å². The molecule has 2 unspecified atom stereocenters. The molecule has 21 heteroatoms. The van der Waals surface area contributed by atoms with Crippen molar-refractivity contribution in [2.45, 2.75) is 0 Å². The van der Waals surface area contributed by atoms with E-state index >= 15 is 0 Å². The predicted octanol–water partition coefficient (Wildman–Crippen LogP) is 11.0. The van der Waals surface area contributed by atoms with E-state index in [0.29, 0.717) is 17.2 Å². The second-order valence-corrected chi connectivity index (χ2v) is 16.9. The third-order valence-corrected chi connectivity index (χ3v) is 14.3. The van der Waals surface area contributed by atoms with E-state index in [2.05, 4.69) is 0 Å². The topological polar surface area (TPSA) is 204 Å². The first-order valence-electron chi connectivity index (χ1n) is 16.5. The lowest BCUT2D eigenvalue weighted by molar-refractivity contribution is -0.385. The Morgan fingerprint density at radius 3 is 1.25 bits per heavy atom. The van der Waals surface area contributed by atoms with Gasteiger partial charge in [-0.1, -0.05) is 54.6 Å². The van der Waals surface area contributed by atoms with Crippen LogP contribution in [0.1, 0.15) is 0 Å². The summed E-state index contributed by atoms with van der Waals surface area (Å²) in [4.78, 5) is 46.0. The van der Waals surface area contributed by atoms with Gasteiger partial charge in [-0.25, -0.2) is 0 Å². The lowest BCUT2D eigenvalue weighted by Crippen LogP contribution is -2.37. The van der Waals surface area contributed by atoms with E-state index in [1.165, 1.54) is 82.0 Å². The molecule has 0 saturated heterocycles. The van der Waals surface area contributed by atoms with Crippen molar-refractivity contribution in [3.8, 4) is 34.5 Å². The van der Waals surface area contributed by atoms with Crippen molar-refractivity contribution in [3.63, 3.8) is 0 Å². The van der Waals surface area contributed by atoms with Crippen LogP contribution in [-0.2, 0) is 0 Å². The first kappa shape index (κ1) is 38.6. The molecule has 7 rings (SSSR count). The molecule has 6 aromatic carbocycles. The number of para-hydroxylation sites is 3. The molecule has 1 aliphatic heterocycles. The Labute approximate surface area is 325 Å². The molecule has 0 fully saturated rings. The van der Waals surface area contributed by atoms with E-state index in [4.69, 9.17) is 32.3 Å². The number of hydrogen-bond donors (Lipinski definition) is 0. The van der Waals surface area contributed by atoms with Crippen molar-refractivity contribution < 1.29 is 42.5 Å². The fraction of sp³-hybridized carbons (Fsp3) is 0. The van der Waals surface area contributed by atoms with Crippen molar-refractivity contribution in [2.75, 3.05) is 0 Å². The van der Waals surface area contributed by atoms with Crippen LogP contribution in [0.5, 0.6) is 34.5 Å². The smallest absolute Gasteiger partial charge is 0.440 e. The highest BCUT2D eigenvalue weighted by atomic mass is 31.3.